The van der Waals surface area contributed by atoms with Crippen LogP contribution in [0.2, 0.25) is 10.0 Å². The van der Waals surface area contributed by atoms with E-state index in [0.29, 0.717) is 22.9 Å². The number of carbonyl (C=O) groups is 1. The molecule has 21 heavy (non-hydrogen) atoms. The van der Waals surface area contributed by atoms with Crippen LogP contribution in [0.25, 0.3) is 0 Å². The second-order valence-electron chi connectivity index (χ2n) is 5.12. The molecule has 0 unspecified atom stereocenters. The van der Waals surface area contributed by atoms with Crippen LogP contribution in [-0.2, 0) is 17.6 Å². The van der Waals surface area contributed by atoms with Crippen molar-refractivity contribution in [1.82, 2.24) is 0 Å². The lowest BCUT2D eigenvalue weighted by Crippen LogP contribution is -2.29. The minimum absolute atomic E-state index is 0.121. The van der Waals surface area contributed by atoms with Gasteiger partial charge < -0.3 is 4.90 Å². The Morgan fingerprint density at radius 3 is 2.52 bits per heavy atom. The third kappa shape index (κ3) is 2.92. The normalized spacial score (nSPS) is 13.3. The van der Waals surface area contributed by atoms with Crippen molar-refractivity contribution in [3.05, 3.63) is 63.6 Å². The van der Waals surface area contributed by atoms with Crippen LogP contribution >= 0.6 is 23.2 Å². The van der Waals surface area contributed by atoms with Crippen LogP contribution < -0.4 is 4.90 Å². The van der Waals surface area contributed by atoms with E-state index in [1.807, 2.05) is 29.2 Å². The van der Waals surface area contributed by atoms with Gasteiger partial charge in [0, 0.05) is 28.7 Å². The molecule has 2 nitrogen and oxygen atoms in total. The lowest BCUT2D eigenvalue weighted by atomic mass is 10.1. The Morgan fingerprint density at radius 2 is 1.76 bits per heavy atom. The maximum Gasteiger partial charge on any atom is 0.227 e. The molecule has 0 fully saturated rings. The number of nitrogens with zero attached hydrogens (tertiary/aromatic N) is 1. The molecule has 2 aromatic carbocycles. The summed E-state index contributed by atoms with van der Waals surface area (Å²) in [6.45, 7) is 0.758. The Morgan fingerprint density at radius 1 is 1.05 bits per heavy atom. The second kappa shape index (κ2) is 6.08. The van der Waals surface area contributed by atoms with Gasteiger partial charge in [-0.05, 0) is 42.2 Å². The lowest BCUT2D eigenvalue weighted by molar-refractivity contribution is -0.118. The van der Waals surface area contributed by atoms with Crippen molar-refractivity contribution in [2.24, 2.45) is 0 Å². The smallest absolute Gasteiger partial charge is 0.227 e. The van der Waals surface area contributed by atoms with Gasteiger partial charge in [0.1, 0.15) is 0 Å². The summed E-state index contributed by atoms with van der Waals surface area (Å²) in [6, 6.07) is 13.5. The molecular weight excluding hydrogens is 305 g/mol. The molecule has 0 aliphatic carbocycles. The Kier molecular flexibility index (Phi) is 4.18. The number of hydrogen-bond donors (Lipinski definition) is 0. The fourth-order valence-electron chi connectivity index (χ4n) is 2.74. The number of benzene rings is 2. The highest BCUT2D eigenvalue weighted by Gasteiger charge is 2.24. The Balaban J connectivity index is 1.71. The van der Waals surface area contributed by atoms with E-state index >= 15 is 0 Å². The Labute approximate surface area is 134 Å². The van der Waals surface area contributed by atoms with Gasteiger partial charge in [0.15, 0.2) is 0 Å². The van der Waals surface area contributed by atoms with Crippen LogP contribution in [0.5, 0.6) is 0 Å². The maximum atomic E-state index is 12.4. The van der Waals surface area contributed by atoms with Gasteiger partial charge in [0.2, 0.25) is 5.91 Å². The predicted molar refractivity (Wildman–Crippen MR) is 87.3 cm³/mol. The summed E-state index contributed by atoms with van der Waals surface area (Å²) >= 11 is 12.3. The molecule has 0 spiro atoms. The molecule has 2 aromatic rings. The molecular formula is C17H15Cl2NO. The van der Waals surface area contributed by atoms with Gasteiger partial charge in [0.05, 0.1) is 0 Å². The van der Waals surface area contributed by atoms with Crippen molar-refractivity contribution < 1.29 is 4.79 Å². The van der Waals surface area contributed by atoms with E-state index in [-0.39, 0.29) is 5.91 Å². The molecule has 0 saturated heterocycles. The molecule has 0 atom stereocenters. The van der Waals surface area contributed by atoms with Crippen LogP contribution in [0.15, 0.2) is 42.5 Å². The van der Waals surface area contributed by atoms with Gasteiger partial charge in [-0.3, -0.25) is 4.79 Å². The zero-order chi connectivity index (χ0) is 14.8. The number of halogens is 2. The van der Waals surface area contributed by atoms with Crippen molar-refractivity contribution >= 4 is 34.8 Å². The first-order chi connectivity index (χ1) is 10.2. The summed E-state index contributed by atoms with van der Waals surface area (Å²) in [7, 11) is 0. The van der Waals surface area contributed by atoms with Gasteiger partial charge in [-0.1, -0.05) is 47.5 Å². The van der Waals surface area contributed by atoms with Crippen LogP contribution in [0, 0.1) is 0 Å². The summed E-state index contributed by atoms with van der Waals surface area (Å²) < 4.78 is 0. The molecule has 0 aromatic heterocycles. The number of para-hydroxylation sites is 1. The van der Waals surface area contributed by atoms with Gasteiger partial charge in [0.25, 0.3) is 0 Å². The number of rotatable bonds is 3. The first kappa shape index (κ1) is 14.4. The van der Waals surface area contributed by atoms with Crippen LogP contribution in [0.4, 0.5) is 5.69 Å². The second-order valence-corrected chi connectivity index (χ2v) is 5.94. The zero-order valence-corrected chi connectivity index (χ0v) is 13.0. The molecule has 1 aliphatic rings. The summed E-state index contributed by atoms with van der Waals surface area (Å²) in [5.74, 6) is 0.121. The topological polar surface area (TPSA) is 20.3 Å². The van der Waals surface area contributed by atoms with E-state index in [2.05, 4.69) is 6.07 Å². The monoisotopic (exact) mass is 319 g/mol. The van der Waals surface area contributed by atoms with E-state index in [1.54, 1.807) is 12.1 Å². The summed E-state index contributed by atoms with van der Waals surface area (Å²) in [6.07, 6.45) is 1.91. The van der Waals surface area contributed by atoms with Gasteiger partial charge in [-0.15, -0.1) is 0 Å². The van der Waals surface area contributed by atoms with E-state index in [4.69, 9.17) is 23.2 Å². The molecule has 0 N–H and O–H groups in total. The first-order valence-electron chi connectivity index (χ1n) is 6.98. The summed E-state index contributed by atoms with van der Waals surface area (Å²) in [5, 5.41) is 1.24. The van der Waals surface area contributed by atoms with Gasteiger partial charge >= 0.3 is 0 Å². The van der Waals surface area contributed by atoms with E-state index < -0.39 is 0 Å². The van der Waals surface area contributed by atoms with Gasteiger partial charge in [-0.2, -0.15) is 0 Å². The largest absolute Gasteiger partial charge is 0.312 e. The minimum atomic E-state index is 0.121. The zero-order valence-electron chi connectivity index (χ0n) is 11.5. The molecule has 0 bridgehead atoms. The molecule has 0 radical (unpaired) electrons. The van der Waals surface area contributed by atoms with E-state index in [1.165, 1.54) is 5.56 Å². The third-order valence-corrected chi connectivity index (χ3v) is 4.55. The summed E-state index contributed by atoms with van der Waals surface area (Å²) in [4.78, 5) is 14.3. The fourth-order valence-corrected chi connectivity index (χ4v) is 3.32. The van der Waals surface area contributed by atoms with Crippen LogP contribution in [0.1, 0.15) is 17.5 Å². The van der Waals surface area contributed by atoms with Gasteiger partial charge in [-0.25, -0.2) is 0 Å². The van der Waals surface area contributed by atoms with E-state index in [9.17, 15) is 4.79 Å². The molecule has 4 heteroatoms. The molecule has 1 aliphatic heterocycles. The first-order valence-corrected chi connectivity index (χ1v) is 7.73. The predicted octanol–water partition coefficient (Wildman–Crippen LogP) is 4.52. The SMILES string of the molecule is O=C(CCc1c(Cl)cccc1Cl)N1CCc2ccccc21. The van der Waals surface area contributed by atoms with Crippen molar-refractivity contribution in [2.45, 2.75) is 19.3 Å². The number of amides is 1. The molecule has 0 saturated carbocycles. The van der Waals surface area contributed by atoms with Crippen molar-refractivity contribution in [1.29, 1.82) is 0 Å². The average molecular weight is 320 g/mol. The maximum absolute atomic E-state index is 12.4. The highest BCUT2D eigenvalue weighted by Crippen LogP contribution is 2.29. The Bertz CT molecular complexity index is 664. The number of fused-ring (bicyclic) bond motifs is 1. The number of anilines is 1. The number of hydrogen-bond acceptors (Lipinski definition) is 1. The molecule has 3 rings (SSSR count). The van der Waals surface area contributed by atoms with Crippen molar-refractivity contribution in [3.63, 3.8) is 0 Å². The standard InChI is InChI=1S/C17H15Cl2NO/c18-14-5-3-6-15(19)13(14)8-9-17(21)20-11-10-12-4-1-2-7-16(12)20/h1-7H,8-11H2. The van der Waals surface area contributed by atoms with Crippen molar-refractivity contribution in [3.8, 4) is 0 Å². The lowest BCUT2D eigenvalue weighted by Gasteiger charge is -2.17. The molecule has 108 valence electrons. The highest BCUT2D eigenvalue weighted by molar-refractivity contribution is 6.36. The molecule has 1 heterocycles. The third-order valence-electron chi connectivity index (χ3n) is 3.84. The van der Waals surface area contributed by atoms with E-state index in [0.717, 1.165) is 24.2 Å². The minimum Gasteiger partial charge on any atom is -0.312 e. The van der Waals surface area contributed by atoms with Crippen molar-refractivity contribution in [2.75, 3.05) is 11.4 Å². The highest BCUT2D eigenvalue weighted by atomic mass is 35.5. The summed E-state index contributed by atoms with van der Waals surface area (Å²) in [5.41, 5.74) is 3.12. The van der Waals surface area contributed by atoms with Crippen LogP contribution in [0.3, 0.4) is 0 Å². The average Bonchev–Trinajstić information content (AvgIpc) is 2.90. The van der Waals surface area contributed by atoms with Crippen LogP contribution in [-0.4, -0.2) is 12.5 Å². The quantitative estimate of drug-likeness (QED) is 0.814. The number of carbonyl (C=O) groups excluding carboxylic acids is 1. The Hall–Kier alpha value is -1.51. The fraction of sp³-hybridized carbons (Fsp3) is 0.235. The molecule has 1 amide bonds.